The van der Waals surface area contributed by atoms with Crippen LogP contribution in [0.4, 0.5) is 0 Å². The van der Waals surface area contributed by atoms with E-state index < -0.39 is 18.3 Å². The summed E-state index contributed by atoms with van der Waals surface area (Å²) in [5.74, 6) is 0. The summed E-state index contributed by atoms with van der Waals surface area (Å²) in [6.45, 7) is 8.09. The van der Waals surface area contributed by atoms with E-state index in [2.05, 4.69) is 49.6 Å². The molecule has 230 valence electrons. The van der Waals surface area contributed by atoms with Crippen molar-refractivity contribution in [2.24, 2.45) is 0 Å². The van der Waals surface area contributed by atoms with Gasteiger partial charge in [0.25, 0.3) is 0 Å². The fourth-order valence-electron chi connectivity index (χ4n) is 6.56. The Labute approximate surface area is 253 Å². The molecule has 0 amide bonds. The van der Waals surface area contributed by atoms with E-state index in [9.17, 15) is 10.2 Å². The first-order valence-electron chi connectivity index (χ1n) is 15.3. The molecule has 6 rings (SSSR count). The minimum atomic E-state index is -1.01. The van der Waals surface area contributed by atoms with Crippen molar-refractivity contribution in [2.45, 2.75) is 93.0 Å². The van der Waals surface area contributed by atoms with E-state index >= 15 is 0 Å². The van der Waals surface area contributed by atoms with Crippen LogP contribution in [0.15, 0.2) is 92.1 Å². The molecule has 8 nitrogen and oxygen atoms in total. The molecule has 0 unspecified atom stereocenters. The van der Waals surface area contributed by atoms with Crippen molar-refractivity contribution in [2.75, 3.05) is 13.2 Å². The van der Waals surface area contributed by atoms with Gasteiger partial charge in [0.2, 0.25) is 0 Å². The number of ether oxygens (including phenoxy) is 6. The van der Waals surface area contributed by atoms with Crippen LogP contribution in [0.3, 0.4) is 0 Å². The fourth-order valence-corrected chi connectivity index (χ4v) is 6.56. The topological polar surface area (TPSA) is 95.8 Å². The van der Waals surface area contributed by atoms with Crippen LogP contribution < -0.4 is 0 Å². The Balaban J connectivity index is 1.23. The van der Waals surface area contributed by atoms with Crippen LogP contribution in [0, 0.1) is 0 Å². The van der Waals surface area contributed by atoms with Gasteiger partial charge in [-0.2, -0.15) is 0 Å². The molecule has 2 fully saturated rings. The number of fused-ring (bicyclic) bond motifs is 4. The molecule has 0 aliphatic carbocycles. The number of hydrogen-bond acceptors (Lipinski definition) is 8. The first kappa shape index (κ1) is 30.4. The molecule has 4 heterocycles. The maximum atomic E-state index is 10.3. The molecule has 0 aromatic heterocycles. The molecule has 2 aromatic rings. The summed E-state index contributed by atoms with van der Waals surface area (Å²) in [5, 5.41) is 22.5. The van der Waals surface area contributed by atoms with Crippen LogP contribution in [0.2, 0.25) is 0 Å². The highest BCUT2D eigenvalue weighted by Gasteiger charge is 2.53. The van der Waals surface area contributed by atoms with Crippen molar-refractivity contribution in [1.82, 2.24) is 0 Å². The molecule has 0 spiro atoms. The molecule has 4 aliphatic rings. The van der Waals surface area contributed by atoms with Crippen molar-refractivity contribution >= 4 is 10.8 Å². The highest BCUT2D eigenvalue weighted by molar-refractivity contribution is 5.82. The molecule has 0 radical (unpaired) electrons. The lowest BCUT2D eigenvalue weighted by Gasteiger charge is -2.50. The summed E-state index contributed by atoms with van der Waals surface area (Å²) in [4.78, 5) is 0. The summed E-state index contributed by atoms with van der Waals surface area (Å²) in [6.07, 6.45) is 8.23. The average molecular weight is 591 g/mol. The Morgan fingerprint density at radius 1 is 0.953 bits per heavy atom. The van der Waals surface area contributed by atoms with E-state index in [1.165, 1.54) is 16.8 Å². The van der Waals surface area contributed by atoms with Gasteiger partial charge in [-0.15, -0.1) is 13.2 Å². The zero-order valence-electron chi connectivity index (χ0n) is 24.4. The number of aliphatic hydroxyl groups is 2. The Kier molecular flexibility index (Phi) is 9.87. The van der Waals surface area contributed by atoms with Crippen LogP contribution in [-0.2, 0) is 35.0 Å². The van der Waals surface area contributed by atoms with Crippen LogP contribution in [-0.4, -0.2) is 90.6 Å². The van der Waals surface area contributed by atoms with Gasteiger partial charge in [-0.25, -0.2) is 0 Å². The minimum absolute atomic E-state index is 0.158. The number of aliphatic hydroxyl groups excluding tert-OH is 2. The van der Waals surface area contributed by atoms with Gasteiger partial charge in [0.15, 0.2) is 0 Å². The Morgan fingerprint density at radius 3 is 2.63 bits per heavy atom. The van der Waals surface area contributed by atoms with Gasteiger partial charge in [0, 0.05) is 6.42 Å². The Bertz CT molecular complexity index is 1310. The zero-order valence-corrected chi connectivity index (χ0v) is 24.4. The van der Waals surface area contributed by atoms with Crippen LogP contribution in [0.25, 0.3) is 10.8 Å². The van der Waals surface area contributed by atoms with E-state index in [-0.39, 0.29) is 55.4 Å². The number of benzene rings is 2. The first-order valence-corrected chi connectivity index (χ1v) is 15.3. The summed E-state index contributed by atoms with van der Waals surface area (Å²) in [7, 11) is 0. The molecular formula is C35H42O8. The molecule has 11 atom stereocenters. The maximum Gasteiger partial charge on any atom is 0.115 e. The second-order valence-electron chi connectivity index (χ2n) is 11.6. The minimum Gasteiger partial charge on any atom is -0.394 e. The molecular weight excluding hydrogens is 548 g/mol. The summed E-state index contributed by atoms with van der Waals surface area (Å²) >= 11 is 0. The molecule has 8 heteroatoms. The van der Waals surface area contributed by atoms with Gasteiger partial charge in [0.05, 0.1) is 44.2 Å². The fraction of sp³-hybridized carbons (Fsp3) is 0.486. The summed E-state index contributed by atoms with van der Waals surface area (Å²) in [6, 6.07) is 14.7. The largest absolute Gasteiger partial charge is 0.394 e. The highest BCUT2D eigenvalue weighted by Crippen LogP contribution is 2.40. The molecule has 0 bridgehead atoms. The predicted octanol–water partition coefficient (Wildman–Crippen LogP) is 4.19. The quantitative estimate of drug-likeness (QED) is 0.398. The van der Waals surface area contributed by atoms with Crippen molar-refractivity contribution in [3.63, 3.8) is 0 Å². The average Bonchev–Trinajstić information content (AvgIpc) is 3.36. The van der Waals surface area contributed by atoms with Crippen molar-refractivity contribution in [1.29, 1.82) is 0 Å². The second kappa shape index (κ2) is 14.0. The zero-order chi connectivity index (χ0) is 29.8. The van der Waals surface area contributed by atoms with Gasteiger partial charge in [-0.1, -0.05) is 72.9 Å². The Morgan fingerprint density at radius 2 is 1.81 bits per heavy atom. The molecule has 2 N–H and O–H groups in total. The van der Waals surface area contributed by atoms with E-state index in [0.29, 0.717) is 26.1 Å². The summed E-state index contributed by atoms with van der Waals surface area (Å²) in [5.41, 5.74) is 1.09. The second-order valence-corrected chi connectivity index (χ2v) is 11.6. The molecule has 2 saturated heterocycles. The lowest BCUT2D eigenvalue weighted by molar-refractivity contribution is -0.295. The van der Waals surface area contributed by atoms with Crippen LogP contribution in [0.1, 0.15) is 24.8 Å². The van der Waals surface area contributed by atoms with E-state index in [0.717, 1.165) is 12.0 Å². The molecule has 43 heavy (non-hydrogen) atoms. The Hall–Kier alpha value is -2.66. The third kappa shape index (κ3) is 6.72. The van der Waals surface area contributed by atoms with Gasteiger partial charge < -0.3 is 38.6 Å². The normalized spacial score (nSPS) is 35.1. The van der Waals surface area contributed by atoms with Crippen molar-refractivity contribution in [3.05, 3.63) is 97.6 Å². The van der Waals surface area contributed by atoms with E-state index in [1.807, 2.05) is 30.4 Å². The lowest BCUT2D eigenvalue weighted by atomic mass is 9.87. The SMILES string of the molecule is C=CC[C@H]1O[C@H]2C[C@H]3O[C@H]4CC=CCO[C@@H]4[C@@H](OCc4ccc5ccccc5c4)[C@@H]3O[C@@H]2C=C[C@@H]1O[C@H](CO)[C@H](O)C=C. The van der Waals surface area contributed by atoms with Gasteiger partial charge in [0.1, 0.15) is 42.7 Å². The molecule has 0 saturated carbocycles. The van der Waals surface area contributed by atoms with Crippen molar-refractivity contribution < 1.29 is 38.6 Å². The third-order valence-corrected chi connectivity index (χ3v) is 8.79. The van der Waals surface area contributed by atoms with Gasteiger partial charge >= 0.3 is 0 Å². The predicted molar refractivity (Wildman–Crippen MR) is 163 cm³/mol. The molecule has 2 aromatic carbocycles. The highest BCUT2D eigenvalue weighted by atomic mass is 16.6. The van der Waals surface area contributed by atoms with Crippen LogP contribution in [0.5, 0.6) is 0 Å². The van der Waals surface area contributed by atoms with E-state index in [4.69, 9.17) is 28.4 Å². The van der Waals surface area contributed by atoms with Crippen LogP contribution >= 0.6 is 0 Å². The van der Waals surface area contributed by atoms with Gasteiger partial charge in [-0.05, 0) is 35.2 Å². The standard InChI is InChI=1S/C35H42O8/c1-3-9-26-27(41-32(20-36)25(37)4-2)15-16-28-30(40-26)19-31-34(43-28)35(33-29(42-31)12-7-8-17-38-33)39-21-22-13-14-23-10-5-6-11-24(23)18-22/h3-8,10-11,13-16,18,25-37H,1-2,9,12,17,19-21H2/t25-,26-,27+,28-,29+,30+,31-,32-,33+,34-,35-/m1/s1. The van der Waals surface area contributed by atoms with Crippen molar-refractivity contribution in [3.8, 4) is 0 Å². The molecule has 4 aliphatic heterocycles. The lowest BCUT2D eigenvalue weighted by Crippen LogP contribution is -2.64. The van der Waals surface area contributed by atoms with Gasteiger partial charge in [-0.3, -0.25) is 0 Å². The van der Waals surface area contributed by atoms with E-state index in [1.54, 1.807) is 6.08 Å². The number of rotatable bonds is 10. The maximum absolute atomic E-state index is 10.3. The third-order valence-electron chi connectivity index (χ3n) is 8.79. The monoisotopic (exact) mass is 590 g/mol. The first-order chi connectivity index (χ1) is 21.1. The number of hydrogen-bond donors (Lipinski definition) is 2. The summed E-state index contributed by atoms with van der Waals surface area (Å²) < 4.78 is 39.1. The smallest absolute Gasteiger partial charge is 0.115 e.